The number of alkyl halides is 3. The van der Waals surface area contributed by atoms with E-state index in [2.05, 4.69) is 0 Å². The number of halogens is 3. The minimum absolute atomic E-state index is 0.0153. The minimum Gasteiger partial charge on any atom is -0.394 e. The van der Waals surface area contributed by atoms with Crippen molar-refractivity contribution in [3.63, 3.8) is 0 Å². The molecule has 0 radical (unpaired) electrons. The highest BCUT2D eigenvalue weighted by Crippen LogP contribution is 2.45. The summed E-state index contributed by atoms with van der Waals surface area (Å²) in [6.07, 6.45) is -7.45. The number of carbonyl (C=O) groups is 1. The molecule has 1 fully saturated rings. The molecule has 3 atom stereocenters. The number of allylic oxidation sites excluding steroid dienone is 1. The van der Waals surface area contributed by atoms with Crippen LogP contribution in [0.5, 0.6) is 0 Å². The van der Waals surface area contributed by atoms with Crippen molar-refractivity contribution in [2.45, 2.75) is 37.8 Å². The van der Waals surface area contributed by atoms with Gasteiger partial charge in [0.2, 0.25) is 0 Å². The molecule has 176 valence electrons. The number of nitrogens with one attached hydrogen (secondary N) is 1. The van der Waals surface area contributed by atoms with Crippen molar-refractivity contribution >= 4 is 27.9 Å². The maximum Gasteiger partial charge on any atom is 0.418 e. The number of anilines is 1. The van der Waals surface area contributed by atoms with Gasteiger partial charge in [0, 0.05) is 30.1 Å². The lowest BCUT2D eigenvalue weighted by Crippen LogP contribution is -2.46. The molecule has 1 heterocycles. The van der Waals surface area contributed by atoms with Crippen LogP contribution in [0.2, 0.25) is 0 Å². The molecule has 1 saturated heterocycles. The Kier molecular flexibility index (Phi) is 7.27. The summed E-state index contributed by atoms with van der Waals surface area (Å²) in [6.45, 7) is 0.968. The monoisotopic (exact) mass is 463 g/mol. The number of hydrogen-bond donors (Lipinski definition) is 4. The van der Waals surface area contributed by atoms with Gasteiger partial charge in [0.15, 0.2) is 0 Å². The normalized spacial score (nSPS) is 18.7. The second-order valence-electron chi connectivity index (χ2n) is 7.90. The summed E-state index contributed by atoms with van der Waals surface area (Å²) in [5.41, 5.74) is -2.51. The zero-order valence-electron chi connectivity index (χ0n) is 17.8. The molecule has 4 N–H and O–H groups in total. The summed E-state index contributed by atoms with van der Waals surface area (Å²) < 4.78 is 43.0. The van der Waals surface area contributed by atoms with E-state index in [4.69, 9.17) is 5.11 Å². The van der Waals surface area contributed by atoms with Gasteiger partial charge in [-0.05, 0) is 18.7 Å². The number of fused-ring (bicyclic) bond motifs is 1. The molecule has 3 unspecified atom stereocenters. The van der Waals surface area contributed by atoms with Crippen LogP contribution in [0.4, 0.5) is 18.9 Å². The van der Waals surface area contributed by atoms with Gasteiger partial charge in [0.25, 0.3) is 5.91 Å². The molecular formula is C23H24F3N3O4. The number of nitrogens with zero attached hydrogens (tertiary/aromatic N) is 2. The topological polar surface area (TPSA) is 117 Å². The number of nitriles is 1. The molecular weight excluding hydrogens is 439 g/mol. The van der Waals surface area contributed by atoms with Crippen LogP contribution in [0, 0.1) is 11.3 Å². The lowest BCUT2D eigenvalue weighted by molar-refractivity contribution is -0.118. The van der Waals surface area contributed by atoms with E-state index in [-0.39, 0.29) is 11.6 Å². The molecule has 10 heteroatoms. The molecule has 7 nitrogen and oxygen atoms in total. The second kappa shape index (κ2) is 9.79. The number of aliphatic hydroxyl groups is 3. The van der Waals surface area contributed by atoms with Crippen LogP contribution in [0.3, 0.4) is 0 Å². The number of benzene rings is 2. The highest BCUT2D eigenvalue weighted by molar-refractivity contribution is 6.09. The fraction of sp³-hybridized carbons (Fsp3) is 0.391. The highest BCUT2D eigenvalue weighted by Gasteiger charge is 2.42. The molecule has 1 amide bonds. The summed E-state index contributed by atoms with van der Waals surface area (Å²) in [4.78, 5) is 14.4. The Morgan fingerprint density at radius 3 is 2.48 bits per heavy atom. The van der Waals surface area contributed by atoms with Gasteiger partial charge in [-0.2, -0.15) is 18.4 Å². The zero-order valence-corrected chi connectivity index (χ0v) is 17.8. The number of hydrogen-bond acceptors (Lipinski definition) is 6. The first-order valence-electron chi connectivity index (χ1n) is 10.4. The Balaban J connectivity index is 2.16. The van der Waals surface area contributed by atoms with Crippen molar-refractivity contribution in [1.29, 1.82) is 5.26 Å². The first-order chi connectivity index (χ1) is 15.6. The van der Waals surface area contributed by atoms with E-state index < -0.39 is 48.6 Å². The molecule has 0 bridgehead atoms. The summed E-state index contributed by atoms with van der Waals surface area (Å²) in [5.74, 6) is -1.34. The van der Waals surface area contributed by atoms with Crippen LogP contribution in [0.1, 0.15) is 18.9 Å². The Hall–Kier alpha value is -3.13. The zero-order chi connectivity index (χ0) is 24.3. The third-order valence-electron chi connectivity index (χ3n) is 5.75. The van der Waals surface area contributed by atoms with E-state index in [1.807, 2.05) is 17.1 Å². The molecule has 1 aliphatic rings. The fourth-order valence-electron chi connectivity index (χ4n) is 3.81. The molecule has 33 heavy (non-hydrogen) atoms. The Bertz CT molecular complexity index is 1110. The van der Waals surface area contributed by atoms with Crippen LogP contribution in [0.25, 0.3) is 16.3 Å². The Labute approximate surface area is 188 Å². The summed E-state index contributed by atoms with van der Waals surface area (Å²) in [5, 5.41) is 40.8. The first-order valence-corrected chi connectivity index (χ1v) is 10.4. The third-order valence-corrected chi connectivity index (χ3v) is 5.75. The number of amides is 1. The molecule has 2 aromatic rings. The maximum absolute atomic E-state index is 14.3. The minimum atomic E-state index is -5.03. The van der Waals surface area contributed by atoms with Crippen molar-refractivity contribution in [3.05, 3.63) is 47.5 Å². The number of carbonyl (C=O) groups excluding carboxylic acids is 1. The van der Waals surface area contributed by atoms with Gasteiger partial charge < -0.3 is 25.5 Å². The van der Waals surface area contributed by atoms with Gasteiger partial charge in [-0.15, -0.1) is 0 Å². The number of aliphatic hydroxyl groups excluding tert-OH is 3. The van der Waals surface area contributed by atoms with Gasteiger partial charge in [0.1, 0.15) is 17.7 Å². The van der Waals surface area contributed by atoms with Crippen molar-refractivity contribution in [3.8, 4) is 6.07 Å². The van der Waals surface area contributed by atoms with Crippen molar-refractivity contribution in [2.24, 2.45) is 0 Å². The molecule has 1 aliphatic heterocycles. The highest BCUT2D eigenvalue weighted by atomic mass is 19.4. The van der Waals surface area contributed by atoms with E-state index >= 15 is 0 Å². The van der Waals surface area contributed by atoms with Gasteiger partial charge in [-0.3, -0.25) is 4.79 Å². The third kappa shape index (κ3) is 4.95. The Morgan fingerprint density at radius 2 is 1.94 bits per heavy atom. The Morgan fingerprint density at radius 1 is 1.24 bits per heavy atom. The molecule has 0 saturated carbocycles. The maximum atomic E-state index is 14.3. The molecule has 0 spiro atoms. The van der Waals surface area contributed by atoms with Crippen molar-refractivity contribution in [1.82, 2.24) is 5.32 Å². The standard InChI is InChI=1S/C23H24F3N3O4/c1-13-8-9-29(13)21-15-5-3-2-4-14(15)6-7-16(21)20(23(24,25)26)17(10-27)22(33)28-11-18(31)19(32)12-30/h2-7,13,18-19,30-32H,8-9,11-12H2,1H3,(H,28,33)/b20-17-. The van der Waals surface area contributed by atoms with Crippen molar-refractivity contribution in [2.75, 3.05) is 24.6 Å². The average molecular weight is 463 g/mol. The van der Waals surface area contributed by atoms with Gasteiger partial charge in [-0.25, -0.2) is 0 Å². The average Bonchev–Trinajstić information content (AvgIpc) is 2.78. The van der Waals surface area contributed by atoms with Crippen LogP contribution in [0.15, 0.2) is 42.0 Å². The quantitative estimate of drug-likeness (QED) is 0.369. The fourth-order valence-corrected chi connectivity index (χ4v) is 3.81. The number of rotatable bonds is 7. The molecule has 3 rings (SSSR count). The van der Waals surface area contributed by atoms with E-state index in [0.29, 0.717) is 17.6 Å². The van der Waals surface area contributed by atoms with E-state index in [9.17, 15) is 33.4 Å². The van der Waals surface area contributed by atoms with Crippen LogP contribution < -0.4 is 10.2 Å². The second-order valence-corrected chi connectivity index (χ2v) is 7.90. The van der Waals surface area contributed by atoms with Crippen LogP contribution in [-0.4, -0.2) is 65.3 Å². The lowest BCUT2D eigenvalue weighted by Gasteiger charge is -2.43. The van der Waals surface area contributed by atoms with Gasteiger partial charge in [-0.1, -0.05) is 36.4 Å². The SMILES string of the molecule is CC1CCN1c1c(/C(=C(\C#N)C(=O)NCC(O)C(O)CO)C(F)(F)F)ccc2ccccc12. The summed E-state index contributed by atoms with van der Waals surface area (Å²) in [7, 11) is 0. The summed E-state index contributed by atoms with van der Waals surface area (Å²) in [6, 6.07) is 11.1. The van der Waals surface area contributed by atoms with E-state index in [1.165, 1.54) is 18.2 Å². The van der Waals surface area contributed by atoms with E-state index in [1.54, 1.807) is 24.3 Å². The first kappa shape index (κ1) is 24.5. The van der Waals surface area contributed by atoms with Crippen LogP contribution >= 0.6 is 0 Å². The molecule has 0 aliphatic carbocycles. The summed E-state index contributed by atoms with van der Waals surface area (Å²) >= 11 is 0. The van der Waals surface area contributed by atoms with Gasteiger partial charge >= 0.3 is 6.18 Å². The largest absolute Gasteiger partial charge is 0.418 e. The molecule has 2 aromatic carbocycles. The smallest absolute Gasteiger partial charge is 0.394 e. The van der Waals surface area contributed by atoms with Crippen LogP contribution in [-0.2, 0) is 4.79 Å². The lowest BCUT2D eigenvalue weighted by atomic mass is 9.91. The van der Waals surface area contributed by atoms with Gasteiger partial charge in [0.05, 0.1) is 24.0 Å². The molecule has 0 aromatic heterocycles. The van der Waals surface area contributed by atoms with E-state index in [0.717, 1.165) is 11.8 Å². The predicted molar refractivity (Wildman–Crippen MR) is 116 cm³/mol. The van der Waals surface area contributed by atoms with Crippen molar-refractivity contribution < 1.29 is 33.3 Å². The predicted octanol–water partition coefficient (Wildman–Crippen LogP) is 2.11.